The molecule has 0 fully saturated rings. The van der Waals surface area contributed by atoms with Crippen molar-refractivity contribution in [1.82, 2.24) is 9.78 Å². The summed E-state index contributed by atoms with van der Waals surface area (Å²) in [5.74, 6) is -0.723. The summed E-state index contributed by atoms with van der Waals surface area (Å²) in [5, 5.41) is 16.1. The first-order valence-corrected chi connectivity index (χ1v) is 11.9. The molecule has 37 heavy (non-hydrogen) atoms. The van der Waals surface area contributed by atoms with Gasteiger partial charge in [-0.3, -0.25) is 14.3 Å². The molecule has 1 aliphatic heterocycles. The van der Waals surface area contributed by atoms with Gasteiger partial charge in [0.15, 0.2) is 0 Å². The van der Waals surface area contributed by atoms with Gasteiger partial charge in [-0.2, -0.15) is 10.4 Å². The molecule has 0 unspecified atom stereocenters. The number of hydrogen-bond donors (Lipinski definition) is 1. The Morgan fingerprint density at radius 1 is 1.03 bits per heavy atom. The second-order valence-electron chi connectivity index (χ2n) is 8.83. The van der Waals surface area contributed by atoms with Crippen molar-refractivity contribution < 1.29 is 14.3 Å². The van der Waals surface area contributed by atoms with Crippen molar-refractivity contribution in [2.75, 3.05) is 23.9 Å². The predicted octanol–water partition coefficient (Wildman–Crippen LogP) is 4.40. The maximum Gasteiger partial charge on any atom is 0.277 e. The van der Waals surface area contributed by atoms with Gasteiger partial charge in [-0.1, -0.05) is 42.5 Å². The fourth-order valence-corrected chi connectivity index (χ4v) is 4.43. The van der Waals surface area contributed by atoms with Crippen molar-refractivity contribution in [1.29, 1.82) is 5.26 Å². The second-order valence-corrected chi connectivity index (χ2v) is 8.83. The number of benzene rings is 3. The van der Waals surface area contributed by atoms with Crippen LogP contribution >= 0.6 is 0 Å². The number of nitrogens with zero attached hydrogens (tertiary/aromatic N) is 4. The molecule has 4 aromatic rings. The van der Waals surface area contributed by atoms with Crippen molar-refractivity contribution in [3.8, 4) is 6.07 Å². The van der Waals surface area contributed by atoms with E-state index in [0.717, 1.165) is 23.2 Å². The van der Waals surface area contributed by atoms with Gasteiger partial charge in [0.1, 0.15) is 5.69 Å². The Kier molecular flexibility index (Phi) is 6.79. The molecule has 1 aromatic heterocycles. The molecule has 184 valence electrons. The lowest BCUT2D eigenvalue weighted by Gasteiger charge is -2.28. The number of ether oxygens (including phenoxy) is 1. The maximum atomic E-state index is 13.4. The minimum Gasteiger partial charge on any atom is -0.380 e. The van der Waals surface area contributed by atoms with Gasteiger partial charge in [0.2, 0.25) is 0 Å². The summed E-state index contributed by atoms with van der Waals surface area (Å²) in [6.07, 6.45) is 2.20. The van der Waals surface area contributed by atoms with E-state index in [4.69, 9.17) is 10.00 Å². The summed E-state index contributed by atoms with van der Waals surface area (Å²) >= 11 is 0. The summed E-state index contributed by atoms with van der Waals surface area (Å²) < 4.78 is 6.74. The predicted molar refractivity (Wildman–Crippen MR) is 139 cm³/mol. The van der Waals surface area contributed by atoms with E-state index >= 15 is 0 Å². The number of anilines is 2. The molecule has 0 atom stereocenters. The largest absolute Gasteiger partial charge is 0.380 e. The van der Waals surface area contributed by atoms with Crippen LogP contribution in [0.2, 0.25) is 0 Å². The molecule has 3 aromatic carbocycles. The Labute approximate surface area is 214 Å². The van der Waals surface area contributed by atoms with Gasteiger partial charge in [0.05, 0.1) is 36.5 Å². The Morgan fingerprint density at radius 2 is 1.73 bits per heavy atom. The summed E-state index contributed by atoms with van der Waals surface area (Å²) in [4.78, 5) is 28.1. The summed E-state index contributed by atoms with van der Waals surface area (Å²) in [6, 6.07) is 24.9. The highest BCUT2D eigenvalue weighted by molar-refractivity contribution is 6.15. The Balaban J connectivity index is 1.30. The fourth-order valence-electron chi connectivity index (χ4n) is 4.43. The minimum atomic E-state index is -0.446. The van der Waals surface area contributed by atoms with E-state index in [9.17, 15) is 9.59 Å². The molecule has 1 N–H and O–H groups in total. The van der Waals surface area contributed by atoms with Crippen LogP contribution in [0.3, 0.4) is 0 Å². The number of fused-ring (bicyclic) bond motifs is 1. The molecule has 1 aliphatic rings. The number of methoxy groups -OCH3 is 1. The molecule has 0 aliphatic carbocycles. The number of amides is 2. The molecule has 2 amide bonds. The summed E-state index contributed by atoms with van der Waals surface area (Å²) in [5.41, 5.74) is 5.60. The molecular formula is C29H25N5O3. The van der Waals surface area contributed by atoms with E-state index in [-0.39, 0.29) is 17.2 Å². The van der Waals surface area contributed by atoms with Crippen LogP contribution in [0.1, 0.15) is 43.1 Å². The molecular weight excluding hydrogens is 466 g/mol. The molecule has 5 rings (SSSR count). The van der Waals surface area contributed by atoms with E-state index < -0.39 is 5.91 Å². The maximum absolute atomic E-state index is 13.4. The third-order valence-corrected chi connectivity index (χ3v) is 6.31. The molecule has 8 nitrogen and oxygen atoms in total. The Hall–Kier alpha value is -4.74. The van der Waals surface area contributed by atoms with Gasteiger partial charge < -0.3 is 15.0 Å². The highest BCUT2D eigenvalue weighted by atomic mass is 16.5. The third kappa shape index (κ3) is 5.13. The Morgan fingerprint density at radius 3 is 2.43 bits per heavy atom. The van der Waals surface area contributed by atoms with Crippen molar-refractivity contribution >= 4 is 23.2 Å². The van der Waals surface area contributed by atoms with E-state index in [1.165, 1.54) is 11.8 Å². The van der Waals surface area contributed by atoms with Crippen LogP contribution in [0.15, 0.2) is 79.0 Å². The standard InChI is InChI=1S/C29H25N5O3/c1-37-19-22-7-5-20(6-8-22)15-21-9-11-25(12-10-21)33-13-14-34-27(29(33)36)26(18-31-34)28(35)32-24-4-2-3-23(16-24)17-30/h2-12,16,18H,13-15,19H2,1H3,(H,32,35). The topological polar surface area (TPSA) is 100 Å². The highest BCUT2D eigenvalue weighted by Crippen LogP contribution is 2.25. The van der Waals surface area contributed by atoms with Crippen LogP contribution in [0.4, 0.5) is 11.4 Å². The number of carbonyl (C=O) groups excluding carboxylic acids is 2. The number of nitriles is 1. The molecule has 0 spiro atoms. The van der Waals surface area contributed by atoms with Gasteiger partial charge in [0, 0.05) is 25.0 Å². The number of carbonyl (C=O) groups is 2. The average Bonchev–Trinajstić information content (AvgIpc) is 3.36. The molecule has 8 heteroatoms. The number of hydrogen-bond acceptors (Lipinski definition) is 5. The van der Waals surface area contributed by atoms with Crippen LogP contribution in [-0.2, 0) is 24.3 Å². The third-order valence-electron chi connectivity index (χ3n) is 6.31. The van der Waals surface area contributed by atoms with Crippen molar-refractivity contribution in [3.63, 3.8) is 0 Å². The van der Waals surface area contributed by atoms with Gasteiger partial charge in [-0.15, -0.1) is 0 Å². The van der Waals surface area contributed by atoms with E-state index in [2.05, 4.69) is 34.7 Å². The van der Waals surface area contributed by atoms with Crippen LogP contribution in [0.5, 0.6) is 0 Å². The van der Waals surface area contributed by atoms with Crippen molar-refractivity contribution in [3.05, 3.63) is 113 Å². The monoisotopic (exact) mass is 491 g/mol. The Bertz CT molecular complexity index is 1480. The van der Waals surface area contributed by atoms with Crippen molar-refractivity contribution in [2.24, 2.45) is 0 Å². The zero-order chi connectivity index (χ0) is 25.8. The first-order chi connectivity index (χ1) is 18.1. The normalized spacial score (nSPS) is 12.6. The lowest BCUT2D eigenvalue weighted by molar-refractivity contribution is 0.0947. The first kappa shape index (κ1) is 24.0. The van der Waals surface area contributed by atoms with Crippen LogP contribution in [0.25, 0.3) is 0 Å². The van der Waals surface area contributed by atoms with E-state index in [1.54, 1.807) is 41.0 Å². The second kappa shape index (κ2) is 10.5. The quantitative estimate of drug-likeness (QED) is 0.413. The highest BCUT2D eigenvalue weighted by Gasteiger charge is 2.32. The minimum absolute atomic E-state index is 0.200. The lowest BCUT2D eigenvalue weighted by Crippen LogP contribution is -2.41. The lowest BCUT2D eigenvalue weighted by atomic mass is 10.0. The van der Waals surface area contributed by atoms with Crippen LogP contribution < -0.4 is 10.2 Å². The van der Waals surface area contributed by atoms with Crippen LogP contribution in [-0.4, -0.2) is 35.2 Å². The summed E-state index contributed by atoms with van der Waals surface area (Å²) in [7, 11) is 1.68. The molecule has 0 radical (unpaired) electrons. The number of aromatic nitrogens is 2. The zero-order valence-corrected chi connectivity index (χ0v) is 20.3. The van der Waals surface area contributed by atoms with Gasteiger partial charge in [-0.05, 0) is 53.4 Å². The summed E-state index contributed by atoms with van der Waals surface area (Å²) in [6.45, 7) is 1.53. The average molecular weight is 492 g/mol. The first-order valence-electron chi connectivity index (χ1n) is 11.9. The van der Waals surface area contributed by atoms with Gasteiger partial charge in [-0.25, -0.2) is 0 Å². The van der Waals surface area contributed by atoms with Crippen molar-refractivity contribution in [2.45, 2.75) is 19.6 Å². The van der Waals surface area contributed by atoms with E-state index in [1.807, 2.05) is 30.3 Å². The number of rotatable bonds is 7. The number of nitrogens with one attached hydrogen (secondary N) is 1. The molecule has 0 bridgehead atoms. The SMILES string of the molecule is COCc1ccc(Cc2ccc(N3CCn4ncc(C(=O)Nc5cccc(C#N)c5)c4C3=O)cc2)cc1. The van der Waals surface area contributed by atoms with Crippen LogP contribution in [0, 0.1) is 11.3 Å². The smallest absolute Gasteiger partial charge is 0.277 e. The zero-order valence-electron chi connectivity index (χ0n) is 20.3. The fraction of sp³-hybridized carbons (Fsp3) is 0.172. The van der Waals surface area contributed by atoms with E-state index in [0.29, 0.717) is 30.9 Å². The van der Waals surface area contributed by atoms with Gasteiger partial charge >= 0.3 is 0 Å². The molecule has 0 saturated heterocycles. The van der Waals surface area contributed by atoms with Gasteiger partial charge in [0.25, 0.3) is 11.8 Å². The molecule has 0 saturated carbocycles. The molecule has 2 heterocycles.